The summed E-state index contributed by atoms with van der Waals surface area (Å²) >= 11 is 0. The normalized spacial score (nSPS) is 22.0. The maximum Gasteiger partial charge on any atom is 0.238 e. The number of rotatable bonds is 9. The second-order valence-corrected chi connectivity index (χ2v) is 11.6. The Balaban J connectivity index is 1.33. The van der Waals surface area contributed by atoms with Crippen molar-refractivity contribution in [3.05, 3.63) is 70.5 Å². The fourth-order valence-electron chi connectivity index (χ4n) is 5.98. The van der Waals surface area contributed by atoms with E-state index in [1.165, 1.54) is 0 Å². The number of nitrogens with zero attached hydrogens (tertiary/aromatic N) is 5. The lowest BCUT2D eigenvalue weighted by atomic mass is 9.94. The summed E-state index contributed by atoms with van der Waals surface area (Å²) in [5.74, 6) is 1.13. The lowest BCUT2D eigenvalue weighted by molar-refractivity contribution is 0.0387. The molecule has 3 heterocycles. The number of hydrogen-bond acceptors (Lipinski definition) is 9. The zero-order valence-electron chi connectivity index (χ0n) is 26.4. The van der Waals surface area contributed by atoms with Gasteiger partial charge in [-0.15, -0.1) is 5.10 Å². The molecule has 1 aromatic carbocycles. The standard InChI is InChI=1S/C33H44FN7O3/c1-22-14-30-27(32(38-37-30)24-17-36-21-40(3)18-24)16-26(22)33(39-35-2)44-20-23-10-12-41(13-11-25(15-23)42-4)19-28-29(34)8-6-7-9-31(28)43-5/h7-9,14,16-18,23,25,35H,6,10-13,15,19-21H2,1-5H3,(H,37,38)/b39-33-/t23-,25?/m0/s1. The molecule has 1 fully saturated rings. The molecule has 1 saturated heterocycles. The summed E-state index contributed by atoms with van der Waals surface area (Å²) in [5, 5.41) is 13.3. The molecule has 11 heteroatoms. The van der Waals surface area contributed by atoms with Crippen molar-refractivity contribution in [1.29, 1.82) is 0 Å². The number of allylic oxidation sites excluding steroid dienone is 4. The van der Waals surface area contributed by atoms with Crippen LogP contribution in [0.1, 0.15) is 42.5 Å². The maximum absolute atomic E-state index is 15.0. The topological polar surface area (TPSA) is 99.6 Å². The van der Waals surface area contributed by atoms with Crippen molar-refractivity contribution in [2.75, 3.05) is 61.2 Å². The number of aromatic amines is 1. The van der Waals surface area contributed by atoms with E-state index in [4.69, 9.17) is 14.2 Å². The van der Waals surface area contributed by atoms with Crippen LogP contribution in [0.25, 0.3) is 16.5 Å². The molecule has 1 aromatic heterocycles. The minimum Gasteiger partial charge on any atom is -0.496 e. The minimum atomic E-state index is -0.211. The zero-order chi connectivity index (χ0) is 31.1. The average Bonchev–Trinajstić information content (AvgIpc) is 3.33. The lowest BCUT2D eigenvalue weighted by Crippen LogP contribution is -2.36. The summed E-state index contributed by atoms with van der Waals surface area (Å²) in [6.45, 7) is 5.27. The monoisotopic (exact) mass is 605 g/mol. The highest BCUT2D eigenvalue weighted by atomic mass is 19.1. The van der Waals surface area contributed by atoms with Gasteiger partial charge in [-0.25, -0.2) is 4.39 Å². The molecule has 2 aromatic rings. The molecule has 1 aliphatic carbocycles. The quantitative estimate of drug-likeness (QED) is 0.238. The number of aryl methyl sites for hydroxylation is 1. The number of H-pyrrole nitrogens is 1. The van der Waals surface area contributed by atoms with E-state index in [0.717, 1.165) is 65.6 Å². The number of hydrogen-bond donors (Lipinski definition) is 2. The number of nitrogens with one attached hydrogen (secondary N) is 2. The van der Waals surface area contributed by atoms with Crippen LogP contribution < -0.4 is 5.43 Å². The van der Waals surface area contributed by atoms with Crippen molar-refractivity contribution in [2.24, 2.45) is 16.0 Å². The predicted molar refractivity (Wildman–Crippen MR) is 173 cm³/mol. The predicted octanol–water partition coefficient (Wildman–Crippen LogP) is 4.91. The van der Waals surface area contributed by atoms with Gasteiger partial charge < -0.3 is 24.5 Å². The van der Waals surface area contributed by atoms with Gasteiger partial charge in [0, 0.05) is 68.8 Å². The van der Waals surface area contributed by atoms with Crippen LogP contribution in [-0.4, -0.2) is 99.4 Å². The van der Waals surface area contributed by atoms with Gasteiger partial charge in [-0.1, -0.05) is 6.08 Å². The first-order valence-electron chi connectivity index (χ1n) is 15.2. The molecule has 0 amide bonds. The number of aromatic nitrogens is 2. The van der Waals surface area contributed by atoms with E-state index >= 15 is 0 Å². The van der Waals surface area contributed by atoms with E-state index in [2.05, 4.69) is 48.9 Å². The molecule has 1 unspecified atom stereocenters. The SMILES string of the molecule is CN/N=C(\OC[C@H]1CCN(CC2=C(OC)C=CCC=C2F)CCC(OC)C1)c1cc2c(C3=CN(C)CN=C3)n[nH]c2cc1C. The molecule has 2 atom stereocenters. The summed E-state index contributed by atoms with van der Waals surface area (Å²) < 4.78 is 32.9. The molecule has 5 rings (SSSR count). The van der Waals surface area contributed by atoms with Gasteiger partial charge in [0.2, 0.25) is 5.90 Å². The fourth-order valence-corrected chi connectivity index (χ4v) is 5.98. The number of halogens is 1. The summed E-state index contributed by atoms with van der Waals surface area (Å²) in [6.07, 6.45) is 12.6. The van der Waals surface area contributed by atoms with Crippen LogP contribution in [0.4, 0.5) is 4.39 Å². The largest absolute Gasteiger partial charge is 0.496 e. The highest BCUT2D eigenvalue weighted by molar-refractivity contribution is 6.14. The van der Waals surface area contributed by atoms with E-state index in [0.29, 0.717) is 43.5 Å². The number of fused-ring (bicyclic) bond motifs is 1. The Kier molecular flexibility index (Phi) is 10.5. The second-order valence-electron chi connectivity index (χ2n) is 11.6. The van der Waals surface area contributed by atoms with Crippen molar-refractivity contribution in [3.63, 3.8) is 0 Å². The second kappa shape index (κ2) is 14.7. The molecule has 0 radical (unpaired) electrons. The first-order chi connectivity index (χ1) is 21.4. The van der Waals surface area contributed by atoms with Crippen molar-refractivity contribution in [1.82, 2.24) is 25.4 Å². The number of likely N-dealkylation sites (tertiary alicyclic amines) is 1. The van der Waals surface area contributed by atoms with Gasteiger partial charge in [0.25, 0.3) is 0 Å². The molecular weight excluding hydrogens is 561 g/mol. The molecule has 2 aliphatic heterocycles. The van der Waals surface area contributed by atoms with Crippen molar-refractivity contribution < 1.29 is 18.6 Å². The van der Waals surface area contributed by atoms with E-state index < -0.39 is 0 Å². The zero-order valence-corrected chi connectivity index (χ0v) is 26.4. The summed E-state index contributed by atoms with van der Waals surface area (Å²) in [4.78, 5) is 8.76. The summed E-state index contributed by atoms with van der Waals surface area (Å²) in [5.41, 5.74) is 8.17. The van der Waals surface area contributed by atoms with E-state index in [-0.39, 0.29) is 17.8 Å². The minimum absolute atomic E-state index is 0.0801. The number of benzene rings is 1. The van der Waals surface area contributed by atoms with E-state index in [9.17, 15) is 4.39 Å². The fraction of sp³-hybridized carbons (Fsp3) is 0.485. The van der Waals surface area contributed by atoms with Gasteiger partial charge in [-0.2, -0.15) is 5.10 Å². The van der Waals surface area contributed by atoms with Crippen LogP contribution in [-0.2, 0) is 14.2 Å². The first kappa shape index (κ1) is 31.5. The third kappa shape index (κ3) is 7.39. The number of hydrazone groups is 1. The summed E-state index contributed by atoms with van der Waals surface area (Å²) in [7, 11) is 7.12. The molecule has 0 bridgehead atoms. The molecule has 3 aliphatic rings. The van der Waals surface area contributed by atoms with E-state index in [1.54, 1.807) is 27.3 Å². The van der Waals surface area contributed by atoms with Gasteiger partial charge >= 0.3 is 0 Å². The van der Waals surface area contributed by atoms with Gasteiger partial charge in [0.05, 0.1) is 25.3 Å². The van der Waals surface area contributed by atoms with Crippen LogP contribution in [0.2, 0.25) is 0 Å². The molecular formula is C33H44FN7O3. The van der Waals surface area contributed by atoms with Crippen LogP contribution in [0, 0.1) is 12.8 Å². The smallest absolute Gasteiger partial charge is 0.238 e. The number of aliphatic imine (C=N–C) groups is 1. The highest BCUT2D eigenvalue weighted by Gasteiger charge is 2.26. The van der Waals surface area contributed by atoms with E-state index in [1.807, 2.05) is 37.2 Å². The maximum atomic E-state index is 15.0. The third-order valence-corrected chi connectivity index (χ3v) is 8.42. The molecule has 236 valence electrons. The van der Waals surface area contributed by atoms with Gasteiger partial charge in [0.1, 0.15) is 23.9 Å². The van der Waals surface area contributed by atoms with Crippen LogP contribution in [0.5, 0.6) is 0 Å². The highest BCUT2D eigenvalue weighted by Crippen LogP contribution is 2.29. The van der Waals surface area contributed by atoms with Crippen LogP contribution in [0.15, 0.2) is 63.8 Å². The van der Waals surface area contributed by atoms with Crippen LogP contribution in [0.3, 0.4) is 0 Å². The number of methoxy groups -OCH3 is 2. The van der Waals surface area contributed by atoms with Crippen molar-refractivity contribution in [3.8, 4) is 0 Å². The molecule has 44 heavy (non-hydrogen) atoms. The Morgan fingerprint density at radius 2 is 2.07 bits per heavy atom. The molecule has 0 spiro atoms. The van der Waals surface area contributed by atoms with Gasteiger partial charge in [-0.05, 0) is 74.9 Å². The lowest BCUT2D eigenvalue weighted by Gasteiger charge is -2.32. The Morgan fingerprint density at radius 3 is 2.84 bits per heavy atom. The Hall–Kier alpha value is -3.96. The van der Waals surface area contributed by atoms with Crippen molar-refractivity contribution >= 4 is 28.6 Å². The average molecular weight is 606 g/mol. The first-order valence-corrected chi connectivity index (χ1v) is 15.2. The Morgan fingerprint density at radius 1 is 1.23 bits per heavy atom. The number of ether oxygens (including phenoxy) is 3. The Bertz CT molecular complexity index is 1510. The summed E-state index contributed by atoms with van der Waals surface area (Å²) in [6, 6.07) is 4.17. The third-order valence-electron chi connectivity index (χ3n) is 8.42. The van der Waals surface area contributed by atoms with Gasteiger partial charge in [0.15, 0.2) is 0 Å². The Labute approximate surface area is 259 Å². The molecule has 2 N–H and O–H groups in total. The van der Waals surface area contributed by atoms with Crippen molar-refractivity contribution in [2.45, 2.75) is 38.7 Å². The van der Waals surface area contributed by atoms with Crippen LogP contribution >= 0.6 is 0 Å². The van der Waals surface area contributed by atoms with Gasteiger partial charge in [-0.3, -0.25) is 15.0 Å². The molecule has 10 nitrogen and oxygen atoms in total. The molecule has 0 saturated carbocycles.